The minimum Gasteiger partial charge on any atom is -0.486 e. The quantitative estimate of drug-likeness (QED) is 0.748. The molecule has 27 heavy (non-hydrogen) atoms. The van der Waals surface area contributed by atoms with Gasteiger partial charge in [0.2, 0.25) is 4.96 Å². The second-order valence-corrected chi connectivity index (χ2v) is 6.76. The molecule has 0 unspecified atom stereocenters. The molecule has 2 N–H and O–H groups in total. The van der Waals surface area contributed by atoms with Gasteiger partial charge in [0.1, 0.15) is 18.2 Å². The molecule has 2 aromatic heterocycles. The largest absolute Gasteiger partial charge is 0.486 e. The van der Waals surface area contributed by atoms with Gasteiger partial charge in [-0.05, 0) is 35.9 Å². The summed E-state index contributed by atoms with van der Waals surface area (Å²) in [6, 6.07) is 9.37. The molecule has 0 atom stereocenters. The Bertz CT molecular complexity index is 1150. The van der Waals surface area contributed by atoms with Crippen LogP contribution in [0.25, 0.3) is 11.0 Å². The van der Waals surface area contributed by atoms with Crippen LogP contribution in [0, 0.1) is 0 Å². The highest BCUT2D eigenvalue weighted by Gasteiger charge is 2.14. The third kappa shape index (κ3) is 3.56. The Morgan fingerprint density at radius 3 is 2.59 bits per heavy atom. The van der Waals surface area contributed by atoms with E-state index in [2.05, 4.69) is 10.1 Å². The van der Waals surface area contributed by atoms with Gasteiger partial charge in [0, 0.05) is 0 Å². The molecular weight excluding hydrogens is 364 g/mol. The Hall–Kier alpha value is -3.52. The number of carbonyl (C=O) groups is 1. The predicted octanol–water partition coefficient (Wildman–Crippen LogP) is 2.39. The maximum absolute atomic E-state index is 12.4. The number of nitrogen functional groups attached to an aromatic ring is 1. The first kappa shape index (κ1) is 16.9. The number of benzene rings is 1. The molecule has 1 aliphatic carbocycles. The first-order chi connectivity index (χ1) is 13.1. The van der Waals surface area contributed by atoms with Crippen molar-refractivity contribution in [2.45, 2.75) is 6.61 Å². The number of rotatable bonds is 4. The lowest BCUT2D eigenvalue weighted by Gasteiger charge is -2.04. The summed E-state index contributed by atoms with van der Waals surface area (Å²) in [4.78, 5) is 28.0. The summed E-state index contributed by atoms with van der Waals surface area (Å²) in [6.07, 6.45) is 7.68. The average Bonchev–Trinajstić information content (AvgIpc) is 3.09. The van der Waals surface area contributed by atoms with E-state index < -0.39 is 5.56 Å². The molecule has 0 saturated heterocycles. The monoisotopic (exact) mass is 378 g/mol. The van der Waals surface area contributed by atoms with Crippen molar-refractivity contribution in [3.63, 3.8) is 0 Å². The van der Waals surface area contributed by atoms with E-state index in [0.717, 1.165) is 5.75 Å². The number of aromatic nitrogens is 3. The number of anilines is 1. The fraction of sp³-hybridized carbons (Fsp3) is 0.0526. The molecule has 3 aromatic rings. The molecule has 4 rings (SSSR count). The predicted molar refractivity (Wildman–Crippen MR) is 104 cm³/mol. The van der Waals surface area contributed by atoms with Crippen LogP contribution in [-0.4, -0.2) is 20.4 Å². The molecule has 0 fully saturated rings. The van der Waals surface area contributed by atoms with Gasteiger partial charge in [0.05, 0.1) is 5.56 Å². The van der Waals surface area contributed by atoms with Gasteiger partial charge in [-0.25, -0.2) is 0 Å². The fourth-order valence-corrected chi connectivity index (χ4v) is 3.31. The van der Waals surface area contributed by atoms with Crippen LogP contribution in [0.15, 0.2) is 65.0 Å². The summed E-state index contributed by atoms with van der Waals surface area (Å²) in [5.41, 5.74) is 6.62. The van der Waals surface area contributed by atoms with E-state index in [-0.39, 0.29) is 23.8 Å². The third-order valence-electron chi connectivity index (χ3n) is 3.83. The van der Waals surface area contributed by atoms with E-state index in [1.54, 1.807) is 18.2 Å². The zero-order valence-electron chi connectivity index (χ0n) is 14.0. The molecule has 0 radical (unpaired) electrons. The molecule has 0 spiro atoms. The van der Waals surface area contributed by atoms with E-state index in [1.165, 1.54) is 28.0 Å². The highest BCUT2D eigenvalue weighted by atomic mass is 32.1. The van der Waals surface area contributed by atoms with Gasteiger partial charge < -0.3 is 10.5 Å². The van der Waals surface area contributed by atoms with Gasteiger partial charge in [-0.1, -0.05) is 41.7 Å². The van der Waals surface area contributed by atoms with Crippen LogP contribution in [-0.2, 0) is 11.4 Å². The summed E-state index contributed by atoms with van der Waals surface area (Å²) in [5, 5.41) is 5.04. The summed E-state index contributed by atoms with van der Waals surface area (Å²) in [6.45, 7) is 0.246. The van der Waals surface area contributed by atoms with E-state index >= 15 is 0 Å². The van der Waals surface area contributed by atoms with Crippen molar-refractivity contribution in [2.75, 3.05) is 5.73 Å². The van der Waals surface area contributed by atoms with Gasteiger partial charge >= 0.3 is 0 Å². The summed E-state index contributed by atoms with van der Waals surface area (Å²) < 4.78 is 7.11. The second kappa shape index (κ2) is 7.00. The first-order valence-corrected chi connectivity index (χ1v) is 8.90. The molecule has 0 saturated carbocycles. The topological polar surface area (TPSA) is 99.6 Å². The SMILES string of the molecule is Nc1c(C=C2C=CC(=O)C=C2)c(=O)nc2sc(COc3ccccc3)nn12. The molecule has 0 aliphatic heterocycles. The third-order valence-corrected chi connectivity index (χ3v) is 4.71. The molecule has 7 nitrogen and oxygen atoms in total. The van der Waals surface area contributed by atoms with Crippen LogP contribution in [0.3, 0.4) is 0 Å². The van der Waals surface area contributed by atoms with Crippen LogP contribution in [0.1, 0.15) is 10.6 Å². The van der Waals surface area contributed by atoms with E-state index in [0.29, 0.717) is 15.5 Å². The lowest BCUT2D eigenvalue weighted by Crippen LogP contribution is -2.16. The van der Waals surface area contributed by atoms with E-state index in [9.17, 15) is 9.59 Å². The van der Waals surface area contributed by atoms with Gasteiger partial charge in [0.15, 0.2) is 10.8 Å². The minimum atomic E-state index is -0.446. The Balaban J connectivity index is 1.66. The van der Waals surface area contributed by atoms with Gasteiger partial charge in [-0.15, -0.1) is 0 Å². The number of nitrogens with zero attached hydrogens (tertiary/aromatic N) is 3. The number of ether oxygens (including phenoxy) is 1. The number of hydrogen-bond acceptors (Lipinski definition) is 7. The Labute approximate surface area is 157 Å². The van der Waals surface area contributed by atoms with Crippen LogP contribution in [0.4, 0.5) is 5.82 Å². The van der Waals surface area contributed by atoms with Crippen molar-refractivity contribution in [1.29, 1.82) is 0 Å². The highest BCUT2D eigenvalue weighted by Crippen LogP contribution is 2.20. The summed E-state index contributed by atoms with van der Waals surface area (Å²) >= 11 is 1.24. The van der Waals surface area contributed by atoms with Crippen molar-refractivity contribution < 1.29 is 9.53 Å². The molecule has 0 bridgehead atoms. The second-order valence-electron chi connectivity index (χ2n) is 5.72. The standard InChI is InChI=1S/C19H14N4O3S/c20-17-15(10-12-6-8-13(24)9-7-12)18(25)21-19-23(17)22-16(27-19)11-26-14-4-2-1-3-5-14/h1-10H,11,20H2. The van der Waals surface area contributed by atoms with Crippen molar-refractivity contribution >= 4 is 34.0 Å². The minimum absolute atomic E-state index is 0.104. The number of hydrogen-bond donors (Lipinski definition) is 1. The molecule has 8 heteroatoms. The van der Waals surface area contributed by atoms with Crippen molar-refractivity contribution in [3.8, 4) is 5.75 Å². The van der Waals surface area contributed by atoms with Crippen LogP contribution < -0.4 is 16.0 Å². The number of ketones is 1. The zero-order valence-corrected chi connectivity index (χ0v) is 14.8. The van der Waals surface area contributed by atoms with Crippen molar-refractivity contribution in [1.82, 2.24) is 14.6 Å². The van der Waals surface area contributed by atoms with Crippen LogP contribution >= 0.6 is 11.3 Å². The number of carbonyl (C=O) groups excluding carboxylic acids is 1. The maximum atomic E-state index is 12.4. The van der Waals surface area contributed by atoms with Crippen LogP contribution in [0.2, 0.25) is 0 Å². The van der Waals surface area contributed by atoms with E-state index in [4.69, 9.17) is 10.5 Å². The normalized spacial score (nSPS) is 13.3. The zero-order chi connectivity index (χ0) is 18.8. The van der Waals surface area contributed by atoms with Gasteiger partial charge in [-0.3, -0.25) is 9.59 Å². The first-order valence-electron chi connectivity index (χ1n) is 8.08. The van der Waals surface area contributed by atoms with Gasteiger partial charge in [0.25, 0.3) is 5.56 Å². The number of nitrogens with two attached hydrogens (primary N) is 1. The van der Waals surface area contributed by atoms with E-state index in [1.807, 2.05) is 30.3 Å². The van der Waals surface area contributed by atoms with Crippen LogP contribution in [0.5, 0.6) is 5.75 Å². The Morgan fingerprint density at radius 1 is 1.11 bits per heavy atom. The molecule has 2 heterocycles. The smallest absolute Gasteiger partial charge is 0.283 e. The van der Waals surface area contributed by atoms with Crippen molar-refractivity contribution in [3.05, 3.63) is 81.1 Å². The summed E-state index contributed by atoms with van der Waals surface area (Å²) in [7, 11) is 0. The van der Waals surface area contributed by atoms with Crippen molar-refractivity contribution in [2.24, 2.45) is 0 Å². The van der Waals surface area contributed by atoms with Gasteiger partial charge in [-0.2, -0.15) is 14.6 Å². The molecule has 1 aromatic carbocycles. The lowest BCUT2D eigenvalue weighted by atomic mass is 10.1. The Kier molecular flexibility index (Phi) is 4.39. The molecular formula is C19H14N4O3S. The fourth-order valence-electron chi connectivity index (χ4n) is 2.51. The average molecular weight is 378 g/mol. The number of allylic oxidation sites excluding steroid dienone is 5. The summed E-state index contributed by atoms with van der Waals surface area (Å²) in [5.74, 6) is 0.814. The maximum Gasteiger partial charge on any atom is 0.283 e. The molecule has 1 aliphatic rings. The Morgan fingerprint density at radius 2 is 1.85 bits per heavy atom. The lowest BCUT2D eigenvalue weighted by molar-refractivity contribution is -0.110. The number of fused-ring (bicyclic) bond motifs is 1. The molecule has 0 amide bonds. The molecule has 134 valence electrons. The highest BCUT2D eigenvalue weighted by molar-refractivity contribution is 7.16. The number of para-hydroxylation sites is 1.